The molecule has 1 N–H and O–H groups in total. The molecule has 0 unspecified atom stereocenters. The summed E-state index contributed by atoms with van der Waals surface area (Å²) in [6.07, 6.45) is 1.32. The number of amides is 1. The van der Waals surface area contributed by atoms with E-state index in [9.17, 15) is 9.59 Å². The van der Waals surface area contributed by atoms with Crippen molar-refractivity contribution in [1.82, 2.24) is 15.1 Å². The van der Waals surface area contributed by atoms with E-state index in [1.54, 1.807) is 12.1 Å². The molecular formula is C25H25N3O4. The number of nitrogens with zero attached hydrogens (tertiary/aromatic N) is 2. The minimum Gasteiger partial charge on any atom is -0.454 e. The average Bonchev–Trinajstić information content (AvgIpc) is 3.35. The summed E-state index contributed by atoms with van der Waals surface area (Å²) >= 11 is 0. The minimum absolute atomic E-state index is 0.0944. The fraction of sp³-hybridized carbons (Fsp3) is 0.320. The lowest BCUT2D eigenvalue weighted by Crippen LogP contribution is -2.28. The van der Waals surface area contributed by atoms with Gasteiger partial charge in [0.05, 0.1) is 22.6 Å². The quantitative estimate of drug-likeness (QED) is 0.675. The van der Waals surface area contributed by atoms with Crippen LogP contribution in [-0.2, 0) is 13.0 Å². The van der Waals surface area contributed by atoms with Gasteiger partial charge >= 0.3 is 0 Å². The number of nitrogens with one attached hydrogen (secondary N) is 1. The summed E-state index contributed by atoms with van der Waals surface area (Å²) in [6.45, 7) is 6.70. The van der Waals surface area contributed by atoms with Crippen molar-refractivity contribution in [2.24, 2.45) is 5.41 Å². The molecule has 32 heavy (non-hydrogen) atoms. The molecule has 0 bridgehead atoms. The summed E-state index contributed by atoms with van der Waals surface area (Å²) in [7, 11) is 0. The molecule has 1 aliphatic heterocycles. The summed E-state index contributed by atoms with van der Waals surface area (Å²) < 4.78 is 12.5. The lowest BCUT2D eigenvalue weighted by atomic mass is 9.75. The Morgan fingerprint density at radius 2 is 1.84 bits per heavy atom. The van der Waals surface area contributed by atoms with Crippen LogP contribution in [0.15, 0.2) is 42.5 Å². The van der Waals surface area contributed by atoms with Crippen molar-refractivity contribution in [2.45, 2.75) is 40.2 Å². The smallest absolute Gasteiger partial charge is 0.251 e. The highest BCUT2D eigenvalue weighted by molar-refractivity contribution is 6.00. The standard InChI is InChI=1S/C25H25N3O4/c1-15-23-19(11-25(2,3)12-20(23)29)28(27-15)18-7-5-17(6-8-18)24(30)26-13-16-4-9-21-22(10-16)32-14-31-21/h4-10H,11-14H2,1-3H3,(H,26,30). The minimum atomic E-state index is -0.163. The van der Waals surface area contributed by atoms with E-state index in [-0.39, 0.29) is 23.9 Å². The molecule has 3 aromatic rings. The molecule has 164 valence electrons. The summed E-state index contributed by atoms with van der Waals surface area (Å²) in [5.41, 5.74) is 4.69. The molecule has 0 radical (unpaired) electrons. The van der Waals surface area contributed by atoms with Gasteiger partial charge in [-0.2, -0.15) is 5.10 Å². The Labute approximate surface area is 186 Å². The molecule has 1 aromatic heterocycles. The lowest BCUT2D eigenvalue weighted by molar-refractivity contribution is 0.0908. The number of hydrogen-bond acceptors (Lipinski definition) is 5. The summed E-state index contributed by atoms with van der Waals surface area (Å²) in [4.78, 5) is 25.3. The van der Waals surface area contributed by atoms with Crippen LogP contribution in [0.1, 0.15) is 57.9 Å². The van der Waals surface area contributed by atoms with E-state index in [4.69, 9.17) is 9.47 Å². The number of hydrogen-bond donors (Lipinski definition) is 1. The molecule has 7 heteroatoms. The van der Waals surface area contributed by atoms with Crippen LogP contribution in [-0.4, -0.2) is 28.3 Å². The number of Topliss-reactive ketones (excluding diaryl/α,β-unsaturated/α-hetero) is 1. The summed E-state index contributed by atoms with van der Waals surface area (Å²) in [5.74, 6) is 1.40. The molecule has 1 aliphatic carbocycles. The Bertz CT molecular complexity index is 1220. The number of aromatic nitrogens is 2. The Morgan fingerprint density at radius 1 is 1.09 bits per heavy atom. The number of ketones is 1. The summed E-state index contributed by atoms with van der Waals surface area (Å²) in [5, 5.41) is 7.56. The monoisotopic (exact) mass is 431 g/mol. The van der Waals surface area contributed by atoms with Gasteiger partial charge in [0.2, 0.25) is 6.79 Å². The van der Waals surface area contributed by atoms with Crippen molar-refractivity contribution < 1.29 is 19.1 Å². The zero-order chi connectivity index (χ0) is 22.5. The third-order valence-corrected chi connectivity index (χ3v) is 5.98. The van der Waals surface area contributed by atoms with Gasteiger partial charge in [-0.05, 0) is 60.7 Å². The van der Waals surface area contributed by atoms with Crippen LogP contribution >= 0.6 is 0 Å². The predicted molar refractivity (Wildman–Crippen MR) is 118 cm³/mol. The Hall–Kier alpha value is -3.61. The number of carbonyl (C=O) groups is 2. The summed E-state index contributed by atoms with van der Waals surface area (Å²) in [6, 6.07) is 12.9. The van der Waals surface area contributed by atoms with E-state index in [1.165, 1.54) is 0 Å². The van der Waals surface area contributed by atoms with Gasteiger partial charge in [-0.1, -0.05) is 19.9 Å². The average molecular weight is 431 g/mol. The highest BCUT2D eigenvalue weighted by atomic mass is 16.7. The molecule has 7 nitrogen and oxygen atoms in total. The van der Waals surface area contributed by atoms with Gasteiger partial charge in [-0.15, -0.1) is 0 Å². The zero-order valence-electron chi connectivity index (χ0n) is 18.4. The molecule has 1 amide bonds. The second kappa shape index (κ2) is 7.51. The zero-order valence-corrected chi connectivity index (χ0v) is 18.4. The predicted octanol–water partition coefficient (Wildman–Crippen LogP) is 3.99. The third-order valence-electron chi connectivity index (χ3n) is 5.98. The van der Waals surface area contributed by atoms with Gasteiger partial charge in [0, 0.05) is 18.5 Å². The first kappa shape index (κ1) is 20.3. The van der Waals surface area contributed by atoms with Crippen LogP contribution in [0.2, 0.25) is 0 Å². The molecule has 0 saturated heterocycles. The van der Waals surface area contributed by atoms with Gasteiger partial charge in [0.15, 0.2) is 17.3 Å². The van der Waals surface area contributed by atoms with Crippen molar-refractivity contribution in [3.8, 4) is 17.2 Å². The van der Waals surface area contributed by atoms with Gasteiger partial charge in [0.25, 0.3) is 5.91 Å². The number of ether oxygens (including phenoxy) is 2. The molecule has 0 fully saturated rings. The molecule has 5 rings (SSSR count). The van der Waals surface area contributed by atoms with Gasteiger partial charge in [-0.3, -0.25) is 9.59 Å². The number of benzene rings is 2. The SMILES string of the molecule is Cc1nn(-c2ccc(C(=O)NCc3ccc4c(c3)OCO4)cc2)c2c1C(=O)CC(C)(C)C2. The van der Waals surface area contributed by atoms with E-state index in [0.717, 1.165) is 40.4 Å². The van der Waals surface area contributed by atoms with Crippen LogP contribution in [0.3, 0.4) is 0 Å². The van der Waals surface area contributed by atoms with Crippen molar-refractivity contribution in [3.05, 3.63) is 70.5 Å². The van der Waals surface area contributed by atoms with E-state index in [1.807, 2.05) is 41.9 Å². The Morgan fingerprint density at radius 3 is 2.62 bits per heavy atom. The van der Waals surface area contributed by atoms with Crippen LogP contribution in [0.5, 0.6) is 11.5 Å². The number of rotatable bonds is 4. The van der Waals surface area contributed by atoms with E-state index >= 15 is 0 Å². The van der Waals surface area contributed by atoms with E-state index in [2.05, 4.69) is 24.3 Å². The highest BCUT2D eigenvalue weighted by Gasteiger charge is 2.35. The van der Waals surface area contributed by atoms with E-state index in [0.29, 0.717) is 24.3 Å². The maximum atomic E-state index is 12.6. The fourth-order valence-corrected chi connectivity index (χ4v) is 4.44. The highest BCUT2D eigenvalue weighted by Crippen LogP contribution is 2.37. The topological polar surface area (TPSA) is 82.5 Å². The van der Waals surface area contributed by atoms with E-state index < -0.39 is 0 Å². The van der Waals surface area contributed by atoms with Crippen molar-refractivity contribution in [2.75, 3.05) is 6.79 Å². The second-order valence-corrected chi connectivity index (χ2v) is 9.18. The first-order valence-electron chi connectivity index (χ1n) is 10.7. The maximum Gasteiger partial charge on any atom is 0.251 e. The number of aryl methyl sites for hydroxylation is 1. The number of fused-ring (bicyclic) bond motifs is 2. The van der Waals surface area contributed by atoms with Crippen LogP contribution in [0.25, 0.3) is 5.69 Å². The molecule has 2 aromatic carbocycles. The fourth-order valence-electron chi connectivity index (χ4n) is 4.44. The van der Waals surface area contributed by atoms with Crippen LogP contribution in [0.4, 0.5) is 0 Å². The molecule has 2 aliphatic rings. The number of carbonyl (C=O) groups excluding carboxylic acids is 2. The normalized spacial score (nSPS) is 16.0. The maximum absolute atomic E-state index is 12.6. The Balaban J connectivity index is 1.32. The van der Waals surface area contributed by atoms with Crippen LogP contribution < -0.4 is 14.8 Å². The second-order valence-electron chi connectivity index (χ2n) is 9.18. The molecule has 0 atom stereocenters. The first-order valence-corrected chi connectivity index (χ1v) is 10.7. The van der Waals surface area contributed by atoms with Crippen molar-refractivity contribution in [1.29, 1.82) is 0 Å². The van der Waals surface area contributed by atoms with Gasteiger partial charge in [-0.25, -0.2) is 4.68 Å². The first-order chi connectivity index (χ1) is 15.3. The molecule has 0 saturated carbocycles. The Kier molecular flexibility index (Phi) is 4.77. The third kappa shape index (κ3) is 3.64. The van der Waals surface area contributed by atoms with Gasteiger partial charge in [0.1, 0.15) is 0 Å². The largest absolute Gasteiger partial charge is 0.454 e. The lowest BCUT2D eigenvalue weighted by Gasteiger charge is -2.29. The van der Waals surface area contributed by atoms with Crippen molar-refractivity contribution in [3.63, 3.8) is 0 Å². The molecular weight excluding hydrogens is 406 g/mol. The van der Waals surface area contributed by atoms with Crippen molar-refractivity contribution >= 4 is 11.7 Å². The van der Waals surface area contributed by atoms with Gasteiger partial charge < -0.3 is 14.8 Å². The molecule has 2 heterocycles. The van der Waals surface area contributed by atoms with Crippen LogP contribution in [0, 0.1) is 12.3 Å². The molecule has 0 spiro atoms.